The summed E-state index contributed by atoms with van der Waals surface area (Å²) in [6.07, 6.45) is 2.53. The van der Waals surface area contributed by atoms with Crippen LogP contribution in [0.5, 0.6) is 0 Å². The van der Waals surface area contributed by atoms with Gasteiger partial charge in [0.05, 0.1) is 12.5 Å². The normalized spacial score (nSPS) is 12.1. The Morgan fingerprint density at radius 3 is 2.81 bits per heavy atom. The van der Waals surface area contributed by atoms with Crippen molar-refractivity contribution < 1.29 is 4.79 Å². The fourth-order valence-corrected chi connectivity index (χ4v) is 2.40. The van der Waals surface area contributed by atoms with Crippen LogP contribution in [0.3, 0.4) is 0 Å². The first-order valence-corrected chi connectivity index (χ1v) is 7.44. The van der Waals surface area contributed by atoms with Gasteiger partial charge in [-0.05, 0) is 25.0 Å². The Morgan fingerprint density at radius 2 is 2.14 bits per heavy atom. The summed E-state index contributed by atoms with van der Waals surface area (Å²) in [6, 6.07) is 7.23. The Hall–Kier alpha value is -1.88. The molecule has 1 N–H and O–H groups in total. The van der Waals surface area contributed by atoms with Crippen molar-refractivity contribution in [3.05, 3.63) is 47.0 Å². The van der Waals surface area contributed by atoms with Crippen molar-refractivity contribution >= 4 is 17.5 Å². The summed E-state index contributed by atoms with van der Waals surface area (Å²) in [4.78, 5) is 16.4. The minimum absolute atomic E-state index is 0.0689. The van der Waals surface area contributed by atoms with Gasteiger partial charge in [-0.1, -0.05) is 36.7 Å². The van der Waals surface area contributed by atoms with Crippen LogP contribution in [0.2, 0.25) is 5.02 Å². The number of halogens is 1. The van der Waals surface area contributed by atoms with Crippen molar-refractivity contribution in [3.8, 4) is 0 Å². The molecule has 1 amide bonds. The van der Waals surface area contributed by atoms with E-state index >= 15 is 0 Å². The first-order chi connectivity index (χ1) is 10.2. The quantitative estimate of drug-likeness (QED) is 0.892. The fourth-order valence-electron chi connectivity index (χ4n) is 2.20. The molecule has 5 nitrogen and oxygen atoms in total. The van der Waals surface area contributed by atoms with Gasteiger partial charge in [-0.2, -0.15) is 5.10 Å². The molecule has 0 aliphatic carbocycles. The van der Waals surface area contributed by atoms with Crippen LogP contribution in [0.4, 0.5) is 0 Å². The average Bonchev–Trinajstić information content (AvgIpc) is 2.95. The molecule has 2 rings (SSSR count). The van der Waals surface area contributed by atoms with Crippen molar-refractivity contribution in [2.24, 2.45) is 0 Å². The summed E-state index contributed by atoms with van der Waals surface area (Å²) in [6.45, 7) is 4.73. The van der Waals surface area contributed by atoms with Crippen LogP contribution < -0.4 is 5.32 Å². The molecule has 1 heterocycles. The summed E-state index contributed by atoms with van der Waals surface area (Å²) in [5, 5.41) is 7.75. The minimum atomic E-state index is -0.137. The molecule has 1 aromatic heterocycles. The van der Waals surface area contributed by atoms with Gasteiger partial charge in [0, 0.05) is 11.6 Å². The van der Waals surface area contributed by atoms with Crippen LogP contribution in [-0.2, 0) is 17.8 Å². The molecule has 21 heavy (non-hydrogen) atoms. The number of aryl methyl sites for hydroxylation is 1. The highest BCUT2D eigenvalue weighted by molar-refractivity contribution is 6.31. The van der Waals surface area contributed by atoms with Gasteiger partial charge in [0.1, 0.15) is 12.2 Å². The number of benzene rings is 1. The third-order valence-electron chi connectivity index (χ3n) is 3.31. The van der Waals surface area contributed by atoms with E-state index in [1.54, 1.807) is 10.7 Å². The topological polar surface area (TPSA) is 59.8 Å². The van der Waals surface area contributed by atoms with Crippen molar-refractivity contribution in [1.82, 2.24) is 20.1 Å². The first kappa shape index (κ1) is 15.5. The molecule has 0 fully saturated rings. The van der Waals surface area contributed by atoms with Gasteiger partial charge in [0.2, 0.25) is 5.91 Å². The van der Waals surface area contributed by atoms with Crippen LogP contribution in [0.15, 0.2) is 30.6 Å². The molecule has 0 aliphatic heterocycles. The molecular formula is C15H19ClN4O. The summed E-state index contributed by atoms with van der Waals surface area (Å²) in [5.74, 6) is 0.716. The van der Waals surface area contributed by atoms with Crippen LogP contribution in [0.1, 0.15) is 37.7 Å². The van der Waals surface area contributed by atoms with E-state index in [4.69, 9.17) is 11.6 Å². The van der Waals surface area contributed by atoms with Gasteiger partial charge < -0.3 is 5.32 Å². The second-order valence-corrected chi connectivity index (χ2v) is 5.14. The third kappa shape index (κ3) is 3.82. The molecule has 1 atom stereocenters. The fraction of sp³-hybridized carbons (Fsp3) is 0.400. The number of rotatable bonds is 6. The van der Waals surface area contributed by atoms with Gasteiger partial charge >= 0.3 is 0 Å². The molecule has 1 aromatic carbocycles. The maximum Gasteiger partial charge on any atom is 0.225 e. The maximum absolute atomic E-state index is 12.2. The second-order valence-electron chi connectivity index (χ2n) is 4.73. The Labute approximate surface area is 129 Å². The molecule has 0 bridgehead atoms. The zero-order valence-electron chi connectivity index (χ0n) is 12.2. The average molecular weight is 307 g/mol. The number of aromatic nitrogens is 3. The lowest BCUT2D eigenvalue weighted by molar-refractivity contribution is -0.121. The molecule has 6 heteroatoms. The van der Waals surface area contributed by atoms with Crippen LogP contribution in [0, 0.1) is 0 Å². The van der Waals surface area contributed by atoms with E-state index in [9.17, 15) is 4.79 Å². The Kier molecular flexibility index (Phi) is 5.33. The first-order valence-electron chi connectivity index (χ1n) is 7.06. The number of carbonyl (C=O) groups is 1. The Morgan fingerprint density at radius 1 is 1.38 bits per heavy atom. The monoisotopic (exact) mass is 306 g/mol. The minimum Gasteiger partial charge on any atom is -0.346 e. The molecule has 0 aliphatic rings. The molecule has 0 radical (unpaired) electrons. The van der Waals surface area contributed by atoms with E-state index in [2.05, 4.69) is 15.4 Å². The van der Waals surface area contributed by atoms with E-state index in [-0.39, 0.29) is 18.4 Å². The van der Waals surface area contributed by atoms with Gasteiger partial charge in [-0.3, -0.25) is 4.79 Å². The van der Waals surface area contributed by atoms with Crippen molar-refractivity contribution in [3.63, 3.8) is 0 Å². The zero-order chi connectivity index (χ0) is 15.2. The van der Waals surface area contributed by atoms with Crippen LogP contribution in [-0.4, -0.2) is 20.7 Å². The molecular weight excluding hydrogens is 288 g/mol. The standard InChI is InChI=1S/C15H19ClN4O/c1-3-13(15-17-10-18-20(15)4-2)19-14(21)9-11-7-5-6-8-12(11)16/h5-8,10,13H,3-4,9H2,1-2H3,(H,19,21)/t13-/m0/s1. The lowest BCUT2D eigenvalue weighted by atomic mass is 10.1. The number of hydrogen-bond donors (Lipinski definition) is 1. The molecule has 112 valence electrons. The van der Waals surface area contributed by atoms with E-state index < -0.39 is 0 Å². The lowest BCUT2D eigenvalue weighted by Crippen LogP contribution is -2.31. The van der Waals surface area contributed by atoms with E-state index in [1.165, 1.54) is 6.33 Å². The molecule has 0 unspecified atom stereocenters. The number of carbonyl (C=O) groups excluding carboxylic acids is 1. The highest BCUT2D eigenvalue weighted by atomic mass is 35.5. The predicted molar refractivity (Wildman–Crippen MR) is 82.0 cm³/mol. The summed E-state index contributed by atoms with van der Waals surface area (Å²) < 4.78 is 1.80. The molecule has 0 saturated heterocycles. The summed E-state index contributed by atoms with van der Waals surface area (Å²) in [5.41, 5.74) is 0.823. The van der Waals surface area contributed by atoms with Crippen molar-refractivity contribution in [2.75, 3.05) is 0 Å². The molecule has 2 aromatic rings. The van der Waals surface area contributed by atoms with E-state index in [1.807, 2.05) is 32.0 Å². The van der Waals surface area contributed by atoms with Crippen LogP contribution in [0.25, 0.3) is 0 Å². The highest BCUT2D eigenvalue weighted by Crippen LogP contribution is 2.17. The number of hydrogen-bond acceptors (Lipinski definition) is 3. The Bertz CT molecular complexity index is 611. The van der Waals surface area contributed by atoms with E-state index in [0.717, 1.165) is 24.4 Å². The highest BCUT2D eigenvalue weighted by Gasteiger charge is 2.18. The summed E-state index contributed by atoms with van der Waals surface area (Å²) >= 11 is 6.08. The Balaban J connectivity index is 2.05. The smallest absolute Gasteiger partial charge is 0.225 e. The maximum atomic E-state index is 12.2. The summed E-state index contributed by atoms with van der Waals surface area (Å²) in [7, 11) is 0. The lowest BCUT2D eigenvalue weighted by Gasteiger charge is -2.17. The largest absolute Gasteiger partial charge is 0.346 e. The SMILES string of the molecule is CC[C@H](NC(=O)Cc1ccccc1Cl)c1ncnn1CC. The van der Waals surface area contributed by atoms with Gasteiger partial charge in [0.15, 0.2) is 0 Å². The van der Waals surface area contributed by atoms with Gasteiger partial charge in [-0.25, -0.2) is 9.67 Å². The van der Waals surface area contributed by atoms with Gasteiger partial charge in [-0.15, -0.1) is 0 Å². The second kappa shape index (κ2) is 7.22. The third-order valence-corrected chi connectivity index (χ3v) is 3.68. The van der Waals surface area contributed by atoms with Crippen molar-refractivity contribution in [1.29, 1.82) is 0 Å². The number of nitrogens with one attached hydrogen (secondary N) is 1. The number of nitrogens with zero attached hydrogens (tertiary/aromatic N) is 3. The number of amides is 1. The zero-order valence-corrected chi connectivity index (χ0v) is 13.0. The predicted octanol–water partition coefficient (Wildman–Crippen LogP) is 2.76. The van der Waals surface area contributed by atoms with E-state index in [0.29, 0.717) is 5.02 Å². The van der Waals surface area contributed by atoms with Crippen LogP contribution >= 0.6 is 11.6 Å². The van der Waals surface area contributed by atoms with Gasteiger partial charge in [0.25, 0.3) is 0 Å². The molecule has 0 saturated carbocycles. The molecule has 0 spiro atoms. The van der Waals surface area contributed by atoms with Crippen molar-refractivity contribution in [2.45, 2.75) is 39.3 Å².